The van der Waals surface area contributed by atoms with Crippen molar-refractivity contribution in [3.05, 3.63) is 38.3 Å². The lowest BCUT2D eigenvalue weighted by Gasteiger charge is -2.34. The summed E-state index contributed by atoms with van der Waals surface area (Å²) in [6, 6.07) is 3.21. The second-order valence-electron chi connectivity index (χ2n) is 4.58. The Kier molecular flexibility index (Phi) is 4.53. The van der Waals surface area contributed by atoms with Gasteiger partial charge in [0.1, 0.15) is 6.04 Å². The van der Waals surface area contributed by atoms with Gasteiger partial charge in [0.2, 0.25) is 5.91 Å². The summed E-state index contributed by atoms with van der Waals surface area (Å²) in [5.41, 5.74) is 5.24. The van der Waals surface area contributed by atoms with Crippen LogP contribution in [0.15, 0.2) is 22.7 Å². The number of nitro groups is 1. The number of carbonyl (C=O) groups excluding carboxylic acids is 2. The molecule has 21 heavy (non-hydrogen) atoms. The van der Waals surface area contributed by atoms with E-state index in [-0.39, 0.29) is 17.8 Å². The van der Waals surface area contributed by atoms with Crippen LogP contribution in [0.25, 0.3) is 0 Å². The summed E-state index contributed by atoms with van der Waals surface area (Å²) in [5, 5.41) is 13.8. The van der Waals surface area contributed by atoms with Crippen LogP contribution in [0.3, 0.4) is 0 Å². The summed E-state index contributed by atoms with van der Waals surface area (Å²) >= 11 is 3.14. The molecular formula is C12H13BrN4O4. The van der Waals surface area contributed by atoms with Crippen molar-refractivity contribution in [2.75, 3.05) is 19.6 Å². The molecule has 1 aromatic rings. The van der Waals surface area contributed by atoms with Crippen LogP contribution < -0.4 is 11.1 Å². The molecule has 0 spiro atoms. The Bertz CT molecular complexity index is 607. The first-order chi connectivity index (χ1) is 9.90. The molecule has 0 bridgehead atoms. The van der Waals surface area contributed by atoms with Crippen molar-refractivity contribution in [1.29, 1.82) is 0 Å². The molecule has 1 aromatic carbocycles. The molecule has 1 unspecified atom stereocenters. The van der Waals surface area contributed by atoms with Crippen molar-refractivity contribution in [2.45, 2.75) is 6.04 Å². The Morgan fingerprint density at radius 1 is 1.43 bits per heavy atom. The number of benzene rings is 1. The highest BCUT2D eigenvalue weighted by atomic mass is 79.9. The fourth-order valence-electron chi connectivity index (χ4n) is 2.17. The molecule has 1 aliphatic heterocycles. The SMILES string of the molecule is NC(=O)C1CNCCN1C(=O)c1cc(Br)cc([N+](=O)[O-])c1. The Labute approximate surface area is 128 Å². The van der Waals surface area contributed by atoms with Gasteiger partial charge in [0, 0.05) is 41.8 Å². The Morgan fingerprint density at radius 3 is 2.76 bits per heavy atom. The highest BCUT2D eigenvalue weighted by molar-refractivity contribution is 9.10. The van der Waals surface area contributed by atoms with Crippen molar-refractivity contribution < 1.29 is 14.5 Å². The maximum absolute atomic E-state index is 12.5. The number of nitrogens with zero attached hydrogens (tertiary/aromatic N) is 2. The minimum Gasteiger partial charge on any atom is -0.368 e. The average molecular weight is 357 g/mol. The van der Waals surface area contributed by atoms with E-state index in [4.69, 9.17) is 5.73 Å². The molecule has 8 nitrogen and oxygen atoms in total. The molecule has 112 valence electrons. The van der Waals surface area contributed by atoms with Crippen molar-refractivity contribution in [1.82, 2.24) is 10.2 Å². The predicted octanol–water partition coefficient (Wildman–Crippen LogP) is 0.257. The second-order valence-corrected chi connectivity index (χ2v) is 5.49. The van der Waals surface area contributed by atoms with Gasteiger partial charge >= 0.3 is 0 Å². The highest BCUT2D eigenvalue weighted by Crippen LogP contribution is 2.23. The molecule has 1 saturated heterocycles. The predicted molar refractivity (Wildman–Crippen MR) is 77.7 cm³/mol. The molecule has 2 amide bonds. The number of primary amides is 1. The third kappa shape index (κ3) is 3.37. The van der Waals surface area contributed by atoms with Gasteiger partial charge in [-0.15, -0.1) is 0 Å². The van der Waals surface area contributed by atoms with Gasteiger partial charge in [-0.05, 0) is 6.07 Å². The summed E-state index contributed by atoms with van der Waals surface area (Å²) in [6.45, 7) is 1.12. The van der Waals surface area contributed by atoms with E-state index < -0.39 is 22.8 Å². The average Bonchev–Trinajstić information content (AvgIpc) is 2.45. The molecule has 9 heteroatoms. The molecule has 1 atom stereocenters. The number of nitrogens with two attached hydrogens (primary N) is 1. The van der Waals surface area contributed by atoms with Crippen LogP contribution in [0.1, 0.15) is 10.4 Å². The zero-order chi connectivity index (χ0) is 15.6. The van der Waals surface area contributed by atoms with Crippen LogP contribution >= 0.6 is 15.9 Å². The van der Waals surface area contributed by atoms with Gasteiger partial charge in [0.05, 0.1) is 4.92 Å². The minimum atomic E-state index is -0.760. The largest absolute Gasteiger partial charge is 0.368 e. The fourth-order valence-corrected chi connectivity index (χ4v) is 2.65. The lowest BCUT2D eigenvalue weighted by molar-refractivity contribution is -0.385. The van der Waals surface area contributed by atoms with E-state index in [1.807, 2.05) is 0 Å². The Morgan fingerprint density at radius 2 is 2.14 bits per heavy atom. The van der Waals surface area contributed by atoms with Gasteiger partial charge in [0.15, 0.2) is 0 Å². The molecular weight excluding hydrogens is 344 g/mol. The second kappa shape index (κ2) is 6.19. The molecule has 0 saturated carbocycles. The first-order valence-corrected chi connectivity index (χ1v) is 6.95. The molecule has 0 aromatic heterocycles. The Balaban J connectivity index is 2.34. The molecule has 1 heterocycles. The van der Waals surface area contributed by atoms with E-state index in [2.05, 4.69) is 21.2 Å². The van der Waals surface area contributed by atoms with E-state index in [1.165, 1.54) is 23.1 Å². The van der Waals surface area contributed by atoms with Gasteiger partial charge in [-0.3, -0.25) is 19.7 Å². The number of non-ortho nitro benzene ring substituents is 1. The van der Waals surface area contributed by atoms with Crippen molar-refractivity contribution >= 4 is 33.4 Å². The van der Waals surface area contributed by atoms with Crippen LogP contribution in [-0.4, -0.2) is 47.3 Å². The number of halogens is 1. The number of amides is 2. The minimum absolute atomic E-state index is 0.143. The summed E-state index contributed by atoms with van der Waals surface area (Å²) in [7, 11) is 0. The quantitative estimate of drug-likeness (QED) is 0.594. The van der Waals surface area contributed by atoms with Crippen LogP contribution in [0.2, 0.25) is 0 Å². The number of rotatable bonds is 3. The fraction of sp³-hybridized carbons (Fsp3) is 0.333. The number of nitrogens with one attached hydrogen (secondary N) is 1. The maximum atomic E-state index is 12.5. The van der Waals surface area contributed by atoms with E-state index in [0.717, 1.165) is 0 Å². The maximum Gasteiger partial charge on any atom is 0.271 e. The zero-order valence-corrected chi connectivity index (χ0v) is 12.5. The summed E-state index contributed by atoms with van der Waals surface area (Å²) < 4.78 is 0.422. The van der Waals surface area contributed by atoms with Gasteiger partial charge in [0.25, 0.3) is 11.6 Å². The lowest BCUT2D eigenvalue weighted by atomic mass is 10.1. The topological polar surface area (TPSA) is 119 Å². The van der Waals surface area contributed by atoms with Gasteiger partial charge < -0.3 is 16.0 Å². The van der Waals surface area contributed by atoms with Gasteiger partial charge in [-0.1, -0.05) is 15.9 Å². The molecule has 0 radical (unpaired) electrons. The standard InChI is InChI=1S/C12H13BrN4O4/c13-8-3-7(4-9(5-8)17(20)21)12(19)16-2-1-15-6-10(16)11(14)18/h3-5,10,15H,1-2,6H2,(H2,14,18). The molecule has 1 aliphatic rings. The number of nitro benzene ring substituents is 1. The first-order valence-electron chi connectivity index (χ1n) is 6.16. The normalized spacial score (nSPS) is 18.3. The van der Waals surface area contributed by atoms with Crippen LogP contribution in [0.4, 0.5) is 5.69 Å². The van der Waals surface area contributed by atoms with Gasteiger partial charge in [-0.2, -0.15) is 0 Å². The monoisotopic (exact) mass is 356 g/mol. The number of carbonyl (C=O) groups is 2. The molecule has 2 rings (SSSR count). The van der Waals surface area contributed by atoms with Gasteiger partial charge in [-0.25, -0.2) is 0 Å². The summed E-state index contributed by atoms with van der Waals surface area (Å²) in [4.78, 5) is 35.5. The van der Waals surface area contributed by atoms with E-state index in [0.29, 0.717) is 17.6 Å². The molecule has 3 N–H and O–H groups in total. The van der Waals surface area contributed by atoms with Crippen LogP contribution in [0, 0.1) is 10.1 Å². The van der Waals surface area contributed by atoms with E-state index >= 15 is 0 Å². The van der Waals surface area contributed by atoms with E-state index in [9.17, 15) is 19.7 Å². The highest BCUT2D eigenvalue weighted by Gasteiger charge is 2.31. The Hall–Kier alpha value is -2.00. The summed E-state index contributed by atoms with van der Waals surface area (Å²) in [5.74, 6) is -1.07. The van der Waals surface area contributed by atoms with Crippen molar-refractivity contribution in [3.63, 3.8) is 0 Å². The smallest absolute Gasteiger partial charge is 0.271 e. The number of hydrogen-bond acceptors (Lipinski definition) is 5. The lowest BCUT2D eigenvalue weighted by Crippen LogP contribution is -2.58. The zero-order valence-electron chi connectivity index (χ0n) is 10.9. The van der Waals surface area contributed by atoms with Crippen LogP contribution in [0.5, 0.6) is 0 Å². The van der Waals surface area contributed by atoms with Crippen LogP contribution in [-0.2, 0) is 4.79 Å². The number of hydrogen-bond donors (Lipinski definition) is 2. The molecule has 0 aliphatic carbocycles. The third-order valence-corrected chi connectivity index (χ3v) is 3.63. The summed E-state index contributed by atoms with van der Waals surface area (Å²) in [6.07, 6.45) is 0. The molecule has 1 fully saturated rings. The number of piperazine rings is 1. The van der Waals surface area contributed by atoms with Crippen molar-refractivity contribution in [3.8, 4) is 0 Å². The first kappa shape index (κ1) is 15.4. The third-order valence-electron chi connectivity index (χ3n) is 3.17. The van der Waals surface area contributed by atoms with Crippen molar-refractivity contribution in [2.24, 2.45) is 5.73 Å². The van der Waals surface area contributed by atoms with E-state index in [1.54, 1.807) is 0 Å².